The Morgan fingerprint density at radius 2 is 2.26 bits per heavy atom. The number of carboxylic acid groups (broad SMARTS) is 1. The van der Waals surface area contributed by atoms with E-state index in [9.17, 15) is 4.79 Å². The zero-order valence-electron chi connectivity index (χ0n) is 10.2. The summed E-state index contributed by atoms with van der Waals surface area (Å²) in [6.45, 7) is 0.924. The highest BCUT2D eigenvalue weighted by Gasteiger charge is 2.19. The van der Waals surface area contributed by atoms with Crippen molar-refractivity contribution in [1.82, 2.24) is 19.3 Å². The van der Waals surface area contributed by atoms with Crippen LogP contribution in [0.15, 0.2) is 24.7 Å². The van der Waals surface area contributed by atoms with Crippen LogP contribution in [0.3, 0.4) is 0 Å². The molecular formula is C12H13N5O2. The molecule has 2 aromatic heterocycles. The van der Waals surface area contributed by atoms with Gasteiger partial charge in [0.2, 0.25) is 5.95 Å². The van der Waals surface area contributed by atoms with E-state index in [-0.39, 0.29) is 0 Å². The minimum atomic E-state index is -0.895. The van der Waals surface area contributed by atoms with E-state index in [0.29, 0.717) is 24.7 Å². The van der Waals surface area contributed by atoms with Gasteiger partial charge in [-0.2, -0.15) is 0 Å². The molecule has 7 nitrogen and oxygen atoms in total. The predicted molar refractivity (Wildman–Crippen MR) is 69.6 cm³/mol. The number of carbonyl (C=O) groups is 1. The Kier molecular flexibility index (Phi) is 2.59. The first-order valence-electron chi connectivity index (χ1n) is 5.91. The number of amides is 1. The smallest absolute Gasteiger partial charge is 0.407 e. The first-order valence-corrected chi connectivity index (χ1v) is 5.91. The molecule has 0 aliphatic carbocycles. The third-order valence-electron chi connectivity index (χ3n) is 3.22. The largest absolute Gasteiger partial charge is 0.465 e. The van der Waals surface area contributed by atoms with Gasteiger partial charge in [-0.1, -0.05) is 6.08 Å². The van der Waals surface area contributed by atoms with Gasteiger partial charge in [0.1, 0.15) is 12.0 Å². The molecule has 1 aliphatic rings. The monoisotopic (exact) mass is 259 g/mol. The third-order valence-corrected chi connectivity index (χ3v) is 3.22. The highest BCUT2D eigenvalue weighted by molar-refractivity contribution is 5.75. The number of nitrogen functional groups attached to an aromatic ring is 1. The second-order valence-electron chi connectivity index (χ2n) is 4.41. The zero-order valence-corrected chi connectivity index (χ0v) is 10.2. The Morgan fingerprint density at radius 3 is 3.00 bits per heavy atom. The molecule has 0 saturated carbocycles. The fourth-order valence-corrected chi connectivity index (χ4v) is 2.24. The van der Waals surface area contributed by atoms with Crippen LogP contribution in [0.2, 0.25) is 0 Å². The van der Waals surface area contributed by atoms with E-state index in [1.807, 2.05) is 12.3 Å². The molecule has 3 N–H and O–H groups in total. The summed E-state index contributed by atoms with van der Waals surface area (Å²) < 4.78 is 1.69. The summed E-state index contributed by atoms with van der Waals surface area (Å²) in [6, 6.07) is 1.88. The van der Waals surface area contributed by atoms with Crippen LogP contribution in [0.5, 0.6) is 0 Å². The maximum atomic E-state index is 11.0. The summed E-state index contributed by atoms with van der Waals surface area (Å²) in [5, 5.41) is 9.04. The maximum Gasteiger partial charge on any atom is 0.407 e. The van der Waals surface area contributed by atoms with Gasteiger partial charge >= 0.3 is 6.09 Å². The molecule has 7 heteroatoms. The van der Waals surface area contributed by atoms with Crippen molar-refractivity contribution in [1.29, 1.82) is 0 Å². The molecule has 0 radical (unpaired) electrons. The van der Waals surface area contributed by atoms with Gasteiger partial charge in [0, 0.05) is 19.3 Å². The molecule has 3 rings (SSSR count). The normalized spacial score (nSPS) is 15.6. The quantitative estimate of drug-likeness (QED) is 0.798. The van der Waals surface area contributed by atoms with Gasteiger partial charge in [-0.25, -0.2) is 14.8 Å². The Morgan fingerprint density at radius 1 is 1.42 bits per heavy atom. The van der Waals surface area contributed by atoms with Crippen molar-refractivity contribution in [2.45, 2.75) is 6.42 Å². The molecule has 0 unspecified atom stereocenters. The van der Waals surface area contributed by atoms with Crippen molar-refractivity contribution in [3.05, 3.63) is 30.2 Å². The first-order chi connectivity index (χ1) is 9.15. The lowest BCUT2D eigenvalue weighted by Crippen LogP contribution is -2.34. The van der Waals surface area contributed by atoms with E-state index in [4.69, 9.17) is 10.8 Å². The van der Waals surface area contributed by atoms with Crippen LogP contribution < -0.4 is 5.73 Å². The van der Waals surface area contributed by atoms with Crippen LogP contribution in [0.25, 0.3) is 11.2 Å². The van der Waals surface area contributed by atoms with Crippen molar-refractivity contribution >= 4 is 23.3 Å². The molecule has 0 atom stereocenters. The number of nitrogens with zero attached hydrogens (tertiary/aromatic N) is 4. The summed E-state index contributed by atoms with van der Waals surface area (Å²) in [6.07, 6.45) is 5.12. The molecule has 0 spiro atoms. The summed E-state index contributed by atoms with van der Waals surface area (Å²) in [4.78, 5) is 20.4. The van der Waals surface area contributed by atoms with Crippen LogP contribution >= 0.6 is 0 Å². The van der Waals surface area contributed by atoms with E-state index in [1.54, 1.807) is 4.40 Å². The summed E-state index contributed by atoms with van der Waals surface area (Å²) >= 11 is 0. The van der Waals surface area contributed by atoms with E-state index in [0.717, 1.165) is 17.6 Å². The van der Waals surface area contributed by atoms with Crippen LogP contribution in [-0.4, -0.2) is 43.6 Å². The lowest BCUT2D eigenvalue weighted by atomic mass is 10.0. The van der Waals surface area contributed by atoms with Gasteiger partial charge < -0.3 is 15.7 Å². The van der Waals surface area contributed by atoms with Crippen LogP contribution in [-0.2, 0) is 0 Å². The molecule has 3 heterocycles. The summed E-state index contributed by atoms with van der Waals surface area (Å²) in [7, 11) is 0. The number of aromatic nitrogens is 3. The molecule has 0 fully saturated rings. The number of hydrogen-bond donors (Lipinski definition) is 2. The van der Waals surface area contributed by atoms with E-state index in [2.05, 4.69) is 16.0 Å². The van der Waals surface area contributed by atoms with Gasteiger partial charge in [-0.3, -0.25) is 4.40 Å². The first kappa shape index (κ1) is 11.5. The van der Waals surface area contributed by atoms with E-state index in [1.165, 1.54) is 11.2 Å². The Hall–Kier alpha value is -2.57. The molecule has 2 aromatic rings. The topological polar surface area (TPSA) is 96.8 Å². The van der Waals surface area contributed by atoms with Crippen molar-refractivity contribution in [3.63, 3.8) is 0 Å². The highest BCUT2D eigenvalue weighted by atomic mass is 16.4. The van der Waals surface area contributed by atoms with Gasteiger partial charge in [0.05, 0.1) is 0 Å². The second kappa shape index (κ2) is 4.27. The van der Waals surface area contributed by atoms with Gasteiger partial charge in [-0.05, 0) is 23.6 Å². The van der Waals surface area contributed by atoms with Crippen molar-refractivity contribution in [3.8, 4) is 0 Å². The van der Waals surface area contributed by atoms with Crippen LogP contribution in [0.4, 0.5) is 10.7 Å². The Balaban J connectivity index is 1.98. The highest BCUT2D eigenvalue weighted by Crippen LogP contribution is 2.23. The zero-order chi connectivity index (χ0) is 13.4. The lowest BCUT2D eigenvalue weighted by Gasteiger charge is -2.24. The molecule has 19 heavy (non-hydrogen) atoms. The fraction of sp³-hybridized carbons (Fsp3) is 0.250. The molecular weight excluding hydrogens is 246 g/mol. The molecule has 0 aromatic carbocycles. The maximum absolute atomic E-state index is 11.0. The fourth-order valence-electron chi connectivity index (χ4n) is 2.24. The second-order valence-corrected chi connectivity index (χ2v) is 4.41. The Bertz CT molecular complexity index is 676. The number of hydrogen-bond acceptors (Lipinski definition) is 4. The molecule has 98 valence electrons. The van der Waals surface area contributed by atoms with Crippen molar-refractivity contribution in [2.24, 2.45) is 0 Å². The lowest BCUT2D eigenvalue weighted by molar-refractivity contribution is 0.150. The number of fused-ring (bicyclic) bond motifs is 1. The molecule has 1 aliphatic heterocycles. The molecule has 1 amide bonds. The summed E-state index contributed by atoms with van der Waals surface area (Å²) in [5.41, 5.74) is 8.37. The number of nitrogens with two attached hydrogens (primary N) is 1. The van der Waals surface area contributed by atoms with Crippen LogP contribution in [0.1, 0.15) is 12.0 Å². The van der Waals surface area contributed by atoms with E-state index < -0.39 is 6.09 Å². The summed E-state index contributed by atoms with van der Waals surface area (Å²) in [5.74, 6) is 0.364. The average Bonchev–Trinajstić information content (AvgIpc) is 2.84. The number of anilines is 1. The minimum absolute atomic E-state index is 0.364. The average molecular weight is 259 g/mol. The minimum Gasteiger partial charge on any atom is -0.465 e. The van der Waals surface area contributed by atoms with Gasteiger partial charge in [0.25, 0.3) is 0 Å². The SMILES string of the molecule is Nc1ncnc2cc(C3=CCCN(C(=O)O)C3)cn12. The third kappa shape index (κ3) is 1.99. The van der Waals surface area contributed by atoms with Gasteiger partial charge in [-0.15, -0.1) is 0 Å². The molecule has 0 saturated heterocycles. The van der Waals surface area contributed by atoms with Crippen LogP contribution in [0, 0.1) is 0 Å². The van der Waals surface area contributed by atoms with E-state index >= 15 is 0 Å². The Labute approximate surface area is 109 Å². The van der Waals surface area contributed by atoms with Crippen molar-refractivity contribution in [2.75, 3.05) is 18.8 Å². The van der Waals surface area contributed by atoms with Crippen molar-refractivity contribution < 1.29 is 9.90 Å². The predicted octanol–water partition coefficient (Wildman–Crippen LogP) is 1.08. The standard InChI is InChI=1S/C12H13N5O2/c13-11-15-7-14-10-4-9(6-17(10)11)8-2-1-3-16(5-8)12(18)19/h2,4,6-7H,1,3,5H2,(H,18,19)(H2,13,14,15). The number of rotatable bonds is 1. The van der Waals surface area contributed by atoms with Gasteiger partial charge in [0.15, 0.2) is 0 Å². The molecule has 0 bridgehead atoms.